The third-order valence-electron chi connectivity index (χ3n) is 16.8. The number of aliphatic hydroxyl groups is 2. The zero-order valence-electron chi connectivity index (χ0n) is 64.7. The SMILES string of the molecule is CC/C=C\C/C=C\C/C=C\C/C=C\C/C=C\CCCCCCCCCCCCCCCCCC(=O)OCC(O)COP(=O)(O)OCC(O)COP(=O)(O)OCC(COC(=O)CCCCCCC/C=C\C/C=C\C/C=C\C/C=C\C/C=C\CC)OC(=O)CCCCCCC/C=C\CCCCCCCC. The number of unbranched alkanes of at least 4 members (excludes halogenated alkanes) is 31. The summed E-state index contributed by atoms with van der Waals surface area (Å²) >= 11 is 0. The predicted octanol–water partition coefficient (Wildman–Crippen LogP) is 23.9. The van der Waals surface area contributed by atoms with Crippen molar-refractivity contribution in [3.8, 4) is 0 Å². The van der Waals surface area contributed by atoms with E-state index in [1.54, 1.807) is 0 Å². The van der Waals surface area contributed by atoms with Crippen molar-refractivity contribution in [2.75, 3.05) is 39.6 Å². The Balaban J connectivity index is 4.50. The van der Waals surface area contributed by atoms with Crippen LogP contribution < -0.4 is 0 Å². The number of phosphoric acid groups is 2. The van der Waals surface area contributed by atoms with Crippen molar-refractivity contribution in [3.63, 3.8) is 0 Å². The van der Waals surface area contributed by atoms with Crippen LogP contribution in [-0.2, 0) is 55.8 Å². The molecule has 0 aliphatic heterocycles. The fourth-order valence-corrected chi connectivity index (χ4v) is 12.3. The molecule has 0 saturated heterocycles. The van der Waals surface area contributed by atoms with Gasteiger partial charge in [0.05, 0.1) is 26.4 Å². The predicted molar refractivity (Wildman–Crippen MR) is 426 cm³/mol. The van der Waals surface area contributed by atoms with Crippen LogP contribution in [0.1, 0.15) is 329 Å². The molecule has 103 heavy (non-hydrogen) atoms. The molecule has 592 valence electrons. The highest BCUT2D eigenvalue weighted by molar-refractivity contribution is 7.47. The van der Waals surface area contributed by atoms with E-state index in [0.717, 1.165) is 154 Å². The number of ether oxygens (including phenoxy) is 3. The van der Waals surface area contributed by atoms with Crippen molar-refractivity contribution >= 4 is 33.6 Å². The standard InChI is InChI=1S/C85H146O16P2/c1-4-7-10-13-16-19-22-25-28-30-32-34-35-36-37-38-39-40-41-42-43-45-47-48-51-53-56-59-62-65-68-71-83(88)95-74-80(86)75-97-102(91,92)98-76-81(87)77-99-103(93,94)100-79-82(101-85(90)73-70-67-64-61-58-55-50-27-24-21-18-15-12-9-6-3)78-96-84(89)72-69-66-63-60-57-54-52-49-46-44-33-31-29-26-23-20-17-14-11-8-5-2/h7-8,10-11,16-17,19-20,25-29,32-34,36-37,44,49-50,52,80-82,86-87H,4-6,9,12-15,18,21-24,30-31,35,38-43,45-48,51,53-79H2,1-3H3,(H,91,92)(H,93,94)/b10-7-,11-8-,19-16-,20-17-,28-25-,29-26-,34-32-,37-36-,44-33-,50-27-,52-49-. The highest BCUT2D eigenvalue weighted by Crippen LogP contribution is 2.45. The molecule has 0 aromatic carbocycles. The summed E-state index contributed by atoms with van der Waals surface area (Å²) in [6.45, 7) is 2.44. The molecule has 0 aromatic heterocycles. The summed E-state index contributed by atoms with van der Waals surface area (Å²) in [6.07, 6.45) is 93.6. The van der Waals surface area contributed by atoms with Gasteiger partial charge in [-0.15, -0.1) is 0 Å². The summed E-state index contributed by atoms with van der Waals surface area (Å²) in [5.41, 5.74) is 0. The van der Waals surface area contributed by atoms with Crippen LogP contribution in [-0.4, -0.2) is 95.9 Å². The first-order valence-corrected chi connectivity index (χ1v) is 43.5. The maximum atomic E-state index is 13.0. The monoisotopic (exact) mass is 1490 g/mol. The Morgan fingerprint density at radius 1 is 0.282 bits per heavy atom. The minimum absolute atomic E-state index is 0.0884. The van der Waals surface area contributed by atoms with Gasteiger partial charge in [-0.3, -0.25) is 32.5 Å². The molecular formula is C85H146O16P2. The third kappa shape index (κ3) is 78.6. The van der Waals surface area contributed by atoms with Gasteiger partial charge in [-0.2, -0.15) is 0 Å². The molecule has 5 atom stereocenters. The molecule has 0 aliphatic rings. The molecular weight excluding hydrogens is 1340 g/mol. The summed E-state index contributed by atoms with van der Waals surface area (Å²) in [6, 6.07) is 0. The van der Waals surface area contributed by atoms with Crippen LogP contribution in [0.5, 0.6) is 0 Å². The minimum Gasteiger partial charge on any atom is -0.463 e. The molecule has 16 nitrogen and oxygen atoms in total. The number of aliphatic hydroxyl groups excluding tert-OH is 2. The van der Waals surface area contributed by atoms with E-state index < -0.39 is 91.5 Å². The van der Waals surface area contributed by atoms with Crippen LogP contribution in [0.15, 0.2) is 134 Å². The number of hydrogen-bond acceptors (Lipinski definition) is 14. The largest absolute Gasteiger partial charge is 0.472 e. The van der Waals surface area contributed by atoms with Gasteiger partial charge in [-0.05, 0) is 135 Å². The van der Waals surface area contributed by atoms with Gasteiger partial charge in [-0.1, -0.05) is 309 Å². The lowest BCUT2D eigenvalue weighted by Crippen LogP contribution is -2.30. The quantitative estimate of drug-likeness (QED) is 0.0146. The van der Waals surface area contributed by atoms with Gasteiger partial charge in [0, 0.05) is 19.3 Å². The van der Waals surface area contributed by atoms with Gasteiger partial charge in [0.2, 0.25) is 0 Å². The number of hydrogen-bond donors (Lipinski definition) is 4. The van der Waals surface area contributed by atoms with Crippen molar-refractivity contribution in [2.24, 2.45) is 0 Å². The Labute approximate surface area is 626 Å². The second kappa shape index (κ2) is 77.3. The van der Waals surface area contributed by atoms with E-state index >= 15 is 0 Å². The number of carbonyl (C=O) groups excluding carboxylic acids is 3. The number of esters is 3. The van der Waals surface area contributed by atoms with Crippen molar-refractivity contribution in [2.45, 2.75) is 347 Å². The second-order valence-electron chi connectivity index (χ2n) is 26.8. The first-order valence-electron chi connectivity index (χ1n) is 40.5. The number of allylic oxidation sites excluding steroid dienone is 22. The van der Waals surface area contributed by atoms with Gasteiger partial charge in [-0.25, -0.2) is 9.13 Å². The summed E-state index contributed by atoms with van der Waals surface area (Å²) in [4.78, 5) is 58.7. The summed E-state index contributed by atoms with van der Waals surface area (Å²) in [5.74, 6) is -1.60. The average molecular weight is 1490 g/mol. The molecule has 4 N–H and O–H groups in total. The smallest absolute Gasteiger partial charge is 0.463 e. The van der Waals surface area contributed by atoms with Crippen LogP contribution in [0, 0.1) is 0 Å². The zero-order chi connectivity index (χ0) is 75.2. The Kier molecular flexibility index (Phi) is 74.1. The molecule has 0 rings (SSSR count). The summed E-state index contributed by atoms with van der Waals surface area (Å²) < 4.78 is 61.2. The van der Waals surface area contributed by atoms with Gasteiger partial charge in [0.25, 0.3) is 0 Å². The van der Waals surface area contributed by atoms with Crippen molar-refractivity contribution < 1.29 is 75.8 Å². The highest BCUT2D eigenvalue weighted by atomic mass is 31.2. The molecule has 0 bridgehead atoms. The first kappa shape index (κ1) is 98.7. The van der Waals surface area contributed by atoms with Crippen molar-refractivity contribution in [1.82, 2.24) is 0 Å². The maximum absolute atomic E-state index is 13.0. The molecule has 0 aliphatic carbocycles. The molecule has 0 aromatic rings. The van der Waals surface area contributed by atoms with E-state index in [9.17, 15) is 43.5 Å². The van der Waals surface area contributed by atoms with E-state index in [1.807, 2.05) is 0 Å². The molecule has 18 heteroatoms. The van der Waals surface area contributed by atoms with E-state index in [0.29, 0.717) is 19.3 Å². The van der Waals surface area contributed by atoms with Crippen LogP contribution in [0.4, 0.5) is 0 Å². The fraction of sp³-hybridized carbons (Fsp3) is 0.706. The lowest BCUT2D eigenvalue weighted by Gasteiger charge is -2.21. The van der Waals surface area contributed by atoms with Gasteiger partial charge in [0.1, 0.15) is 25.4 Å². The second-order valence-corrected chi connectivity index (χ2v) is 29.7. The molecule has 0 amide bonds. The minimum atomic E-state index is -4.94. The number of carbonyl (C=O) groups is 3. The van der Waals surface area contributed by atoms with Crippen molar-refractivity contribution in [3.05, 3.63) is 134 Å². The highest BCUT2D eigenvalue weighted by Gasteiger charge is 2.29. The summed E-state index contributed by atoms with van der Waals surface area (Å²) in [7, 11) is -9.80. The molecule has 0 heterocycles. The third-order valence-corrected chi connectivity index (χ3v) is 18.7. The topological polar surface area (TPSA) is 231 Å². The number of phosphoric ester groups is 2. The zero-order valence-corrected chi connectivity index (χ0v) is 66.5. The van der Waals surface area contributed by atoms with Crippen molar-refractivity contribution in [1.29, 1.82) is 0 Å². The van der Waals surface area contributed by atoms with Crippen LogP contribution in [0.3, 0.4) is 0 Å². The molecule has 0 fully saturated rings. The maximum Gasteiger partial charge on any atom is 0.472 e. The Bertz CT molecular complexity index is 2410. The molecule has 0 spiro atoms. The van der Waals surface area contributed by atoms with Crippen LogP contribution in [0.2, 0.25) is 0 Å². The van der Waals surface area contributed by atoms with Gasteiger partial charge >= 0.3 is 33.6 Å². The van der Waals surface area contributed by atoms with E-state index in [-0.39, 0.29) is 19.3 Å². The molecule has 0 radical (unpaired) electrons. The fourth-order valence-electron chi connectivity index (χ4n) is 10.7. The Hall–Kier alpha value is -4.31. The van der Waals surface area contributed by atoms with Crippen LogP contribution in [0.25, 0.3) is 0 Å². The normalized spacial score (nSPS) is 14.7. The van der Waals surface area contributed by atoms with E-state index in [2.05, 4.69) is 154 Å². The lowest BCUT2D eigenvalue weighted by atomic mass is 10.0. The van der Waals surface area contributed by atoms with Gasteiger partial charge < -0.3 is 34.2 Å². The van der Waals surface area contributed by atoms with E-state index in [4.69, 9.17) is 32.3 Å². The lowest BCUT2D eigenvalue weighted by molar-refractivity contribution is -0.161. The average Bonchev–Trinajstić information content (AvgIpc) is 0.922. The Morgan fingerprint density at radius 3 is 0.825 bits per heavy atom. The molecule has 5 unspecified atom stereocenters. The summed E-state index contributed by atoms with van der Waals surface area (Å²) in [5, 5.41) is 20.6. The van der Waals surface area contributed by atoms with Gasteiger partial charge in [0.15, 0.2) is 6.10 Å². The van der Waals surface area contributed by atoms with E-state index in [1.165, 1.54) is 116 Å². The first-order chi connectivity index (χ1) is 50.2. The number of rotatable bonds is 76. The Morgan fingerprint density at radius 2 is 0.515 bits per heavy atom. The molecule has 0 saturated carbocycles. The van der Waals surface area contributed by atoms with Crippen LogP contribution >= 0.6 is 15.6 Å².